The van der Waals surface area contributed by atoms with E-state index in [9.17, 15) is 18.4 Å². The van der Waals surface area contributed by atoms with Crippen molar-refractivity contribution in [3.05, 3.63) is 59.3 Å². The number of halogens is 2. The Labute approximate surface area is 142 Å². The molecule has 0 amide bonds. The van der Waals surface area contributed by atoms with Crippen LogP contribution in [-0.4, -0.2) is 34.9 Å². The normalized spacial score (nSPS) is 15.2. The number of hydrogen-bond donors (Lipinski definition) is 1. The molecule has 1 aliphatic rings. The predicted molar refractivity (Wildman–Crippen MR) is 86.8 cm³/mol. The summed E-state index contributed by atoms with van der Waals surface area (Å²) in [4.78, 5) is 29.4. The van der Waals surface area contributed by atoms with E-state index in [1.165, 1.54) is 6.07 Å². The zero-order chi connectivity index (χ0) is 18.0. The van der Waals surface area contributed by atoms with Crippen LogP contribution < -0.4 is 4.90 Å². The zero-order valence-corrected chi connectivity index (χ0v) is 13.3. The van der Waals surface area contributed by atoms with E-state index < -0.39 is 29.3 Å². The van der Waals surface area contributed by atoms with Crippen molar-refractivity contribution in [3.63, 3.8) is 0 Å². The number of rotatable bonds is 4. The van der Waals surface area contributed by atoms with Crippen LogP contribution >= 0.6 is 0 Å². The Morgan fingerprint density at radius 2 is 1.84 bits per heavy atom. The molecule has 0 saturated carbocycles. The van der Waals surface area contributed by atoms with Gasteiger partial charge in [-0.1, -0.05) is 6.07 Å². The van der Waals surface area contributed by atoms with Gasteiger partial charge in [-0.2, -0.15) is 0 Å². The number of aromatic nitrogens is 1. The highest BCUT2D eigenvalue weighted by Gasteiger charge is 2.28. The standard InChI is InChI=1S/C18H16F2N2O3/c19-12-4-5-14(20)13(10-12)17(23)11-6-8-22(9-7-11)16-3-1-2-15(21-16)18(24)25/h1-5,10-11H,6-9H2,(H,24,25). The lowest BCUT2D eigenvalue weighted by Crippen LogP contribution is -2.37. The van der Waals surface area contributed by atoms with Gasteiger partial charge in [-0.05, 0) is 43.2 Å². The summed E-state index contributed by atoms with van der Waals surface area (Å²) in [5, 5.41) is 9.01. The zero-order valence-electron chi connectivity index (χ0n) is 13.3. The van der Waals surface area contributed by atoms with Gasteiger partial charge in [0, 0.05) is 19.0 Å². The molecule has 3 rings (SSSR count). The Balaban J connectivity index is 1.69. The quantitative estimate of drug-likeness (QED) is 0.861. The number of nitrogens with zero attached hydrogens (tertiary/aromatic N) is 2. The largest absolute Gasteiger partial charge is 0.477 e. The molecule has 0 unspecified atom stereocenters. The second-order valence-corrected chi connectivity index (χ2v) is 5.94. The van der Waals surface area contributed by atoms with Gasteiger partial charge in [-0.15, -0.1) is 0 Å². The first kappa shape index (κ1) is 17.0. The maximum absolute atomic E-state index is 13.8. The molecule has 1 N–H and O–H groups in total. The van der Waals surface area contributed by atoms with Crippen LogP contribution in [0.2, 0.25) is 0 Å². The van der Waals surface area contributed by atoms with E-state index in [-0.39, 0.29) is 11.3 Å². The highest BCUT2D eigenvalue weighted by Crippen LogP contribution is 2.26. The number of carboxylic acid groups (broad SMARTS) is 1. The lowest BCUT2D eigenvalue weighted by atomic mass is 9.88. The van der Waals surface area contributed by atoms with Crippen LogP contribution in [0.25, 0.3) is 0 Å². The van der Waals surface area contributed by atoms with Crippen molar-refractivity contribution in [2.24, 2.45) is 5.92 Å². The van der Waals surface area contributed by atoms with Gasteiger partial charge in [0.15, 0.2) is 11.5 Å². The Kier molecular flexibility index (Phi) is 4.74. The molecule has 0 spiro atoms. The average Bonchev–Trinajstić information content (AvgIpc) is 2.63. The molecule has 0 atom stereocenters. The SMILES string of the molecule is O=C(O)c1cccc(N2CCC(C(=O)c3cc(F)ccc3F)CC2)n1. The van der Waals surface area contributed by atoms with Gasteiger partial charge in [0.1, 0.15) is 17.5 Å². The first-order valence-corrected chi connectivity index (χ1v) is 7.90. The fourth-order valence-electron chi connectivity index (χ4n) is 3.00. The Bertz CT molecular complexity index is 818. The fourth-order valence-corrected chi connectivity index (χ4v) is 3.00. The van der Waals surface area contributed by atoms with Crippen LogP contribution in [0.5, 0.6) is 0 Å². The molecular formula is C18H16F2N2O3. The number of benzene rings is 1. The Morgan fingerprint density at radius 3 is 2.52 bits per heavy atom. The maximum Gasteiger partial charge on any atom is 0.354 e. The molecule has 0 bridgehead atoms. The summed E-state index contributed by atoms with van der Waals surface area (Å²) in [6.07, 6.45) is 0.932. The predicted octanol–water partition coefficient (Wildman–Crippen LogP) is 3.16. The lowest BCUT2D eigenvalue weighted by molar-refractivity contribution is 0.0690. The monoisotopic (exact) mass is 346 g/mol. The maximum atomic E-state index is 13.8. The van der Waals surface area contributed by atoms with E-state index in [0.717, 1.165) is 18.2 Å². The molecule has 1 fully saturated rings. The van der Waals surface area contributed by atoms with Crippen LogP contribution in [0.1, 0.15) is 33.7 Å². The smallest absolute Gasteiger partial charge is 0.354 e. The van der Waals surface area contributed by atoms with Crippen molar-refractivity contribution in [2.75, 3.05) is 18.0 Å². The molecule has 25 heavy (non-hydrogen) atoms. The molecule has 1 aromatic carbocycles. The Morgan fingerprint density at radius 1 is 1.12 bits per heavy atom. The van der Waals surface area contributed by atoms with Gasteiger partial charge in [0.2, 0.25) is 0 Å². The number of piperidine rings is 1. The van der Waals surface area contributed by atoms with E-state index in [1.807, 2.05) is 4.90 Å². The van der Waals surface area contributed by atoms with Crippen LogP contribution in [0.4, 0.5) is 14.6 Å². The molecule has 0 radical (unpaired) electrons. The first-order valence-electron chi connectivity index (χ1n) is 7.90. The molecule has 0 aliphatic carbocycles. The molecule has 2 aromatic rings. The summed E-state index contributed by atoms with van der Waals surface area (Å²) in [6.45, 7) is 0.979. The number of anilines is 1. The minimum Gasteiger partial charge on any atom is -0.477 e. The fraction of sp³-hybridized carbons (Fsp3) is 0.278. The molecule has 2 heterocycles. The van der Waals surface area contributed by atoms with Gasteiger partial charge in [-0.3, -0.25) is 4.79 Å². The topological polar surface area (TPSA) is 70.5 Å². The van der Waals surface area contributed by atoms with Crippen molar-refractivity contribution < 1.29 is 23.5 Å². The molecule has 1 aliphatic heterocycles. The van der Waals surface area contributed by atoms with Crippen molar-refractivity contribution in [1.29, 1.82) is 0 Å². The van der Waals surface area contributed by atoms with Crippen molar-refractivity contribution in [1.82, 2.24) is 4.98 Å². The number of carboxylic acids is 1. The van der Waals surface area contributed by atoms with E-state index in [2.05, 4.69) is 4.98 Å². The lowest BCUT2D eigenvalue weighted by Gasteiger charge is -2.32. The summed E-state index contributed by atoms with van der Waals surface area (Å²) in [5.74, 6) is -2.73. The van der Waals surface area contributed by atoms with Gasteiger partial charge in [-0.25, -0.2) is 18.6 Å². The van der Waals surface area contributed by atoms with E-state index in [4.69, 9.17) is 5.11 Å². The number of aromatic carboxylic acids is 1. The van der Waals surface area contributed by atoms with Crippen LogP contribution in [0.15, 0.2) is 36.4 Å². The molecule has 7 heteroatoms. The number of carbonyl (C=O) groups excluding carboxylic acids is 1. The summed E-state index contributed by atoms with van der Waals surface area (Å²) >= 11 is 0. The van der Waals surface area contributed by atoms with E-state index in [0.29, 0.717) is 31.7 Å². The van der Waals surface area contributed by atoms with E-state index in [1.54, 1.807) is 12.1 Å². The average molecular weight is 346 g/mol. The van der Waals surface area contributed by atoms with Crippen LogP contribution in [-0.2, 0) is 0 Å². The first-order chi connectivity index (χ1) is 12.0. The van der Waals surface area contributed by atoms with Crippen LogP contribution in [0, 0.1) is 17.6 Å². The van der Waals surface area contributed by atoms with Crippen molar-refractivity contribution in [3.8, 4) is 0 Å². The van der Waals surface area contributed by atoms with Gasteiger partial charge >= 0.3 is 5.97 Å². The number of ketones is 1. The van der Waals surface area contributed by atoms with E-state index >= 15 is 0 Å². The third kappa shape index (κ3) is 3.65. The minimum atomic E-state index is -1.10. The summed E-state index contributed by atoms with van der Waals surface area (Å²) in [5.41, 5.74) is -0.262. The second kappa shape index (κ2) is 6.96. The Hall–Kier alpha value is -2.83. The number of carbonyl (C=O) groups is 2. The summed E-state index contributed by atoms with van der Waals surface area (Å²) in [7, 11) is 0. The molecule has 5 nitrogen and oxygen atoms in total. The minimum absolute atomic E-state index is 0.0440. The van der Waals surface area contributed by atoms with Gasteiger partial charge < -0.3 is 10.0 Å². The third-order valence-electron chi connectivity index (χ3n) is 4.34. The van der Waals surface area contributed by atoms with Gasteiger partial charge in [0.05, 0.1) is 5.56 Å². The molecule has 130 valence electrons. The number of Topliss-reactive ketones (excluding diaryl/α,β-unsaturated/α-hetero) is 1. The van der Waals surface area contributed by atoms with Crippen LogP contribution in [0.3, 0.4) is 0 Å². The molecule has 1 aromatic heterocycles. The number of pyridine rings is 1. The summed E-state index contributed by atoms with van der Waals surface area (Å²) in [6, 6.07) is 7.61. The second-order valence-electron chi connectivity index (χ2n) is 5.94. The van der Waals surface area contributed by atoms with Crippen molar-refractivity contribution >= 4 is 17.6 Å². The molecule has 1 saturated heterocycles. The molecular weight excluding hydrogens is 330 g/mol. The third-order valence-corrected chi connectivity index (χ3v) is 4.34. The summed E-state index contributed by atoms with van der Waals surface area (Å²) < 4.78 is 27.1. The van der Waals surface area contributed by atoms with Gasteiger partial charge in [0.25, 0.3) is 0 Å². The van der Waals surface area contributed by atoms with Crippen molar-refractivity contribution in [2.45, 2.75) is 12.8 Å². The highest BCUT2D eigenvalue weighted by molar-refractivity contribution is 5.98. The number of hydrogen-bond acceptors (Lipinski definition) is 4. The highest BCUT2D eigenvalue weighted by atomic mass is 19.1.